The number of sulfonamides is 1. The van der Waals surface area contributed by atoms with Crippen LogP contribution in [0.2, 0.25) is 0 Å². The Balaban J connectivity index is 1.26. The van der Waals surface area contributed by atoms with E-state index in [2.05, 4.69) is 32.1 Å². The molecule has 3 N–H and O–H groups in total. The van der Waals surface area contributed by atoms with E-state index in [4.69, 9.17) is 4.98 Å². The zero-order chi connectivity index (χ0) is 41.5. The average Bonchev–Trinajstić information content (AvgIpc) is 3.36. The Morgan fingerprint density at radius 1 is 1.05 bits per heavy atom. The first-order valence-electron chi connectivity index (χ1n) is 18.2. The maximum Gasteiger partial charge on any atom is 0.435 e. The van der Waals surface area contributed by atoms with Gasteiger partial charge in [0.2, 0.25) is 15.9 Å². The molecule has 2 fully saturated rings. The molecule has 0 spiro atoms. The largest absolute Gasteiger partial charge is 0.435 e. The van der Waals surface area contributed by atoms with Gasteiger partial charge in [-0.25, -0.2) is 22.2 Å². The molecule has 3 heterocycles. The second-order valence-electron chi connectivity index (χ2n) is 15.1. The number of fused-ring (bicyclic) bond motifs is 4. The Kier molecular flexibility index (Phi) is 9.38. The molecule has 2 aromatic carbocycles. The number of carbonyl (C=O) groups excluding carboxylic acids is 1. The smallest absolute Gasteiger partial charge is 0.378 e. The molecule has 11 nitrogen and oxygen atoms in total. The fraction of sp³-hybridized carbons (Fsp3) is 0.385. The molecular weight excluding hydrogens is 796 g/mol. The average molecular weight is 830 g/mol. The predicted octanol–water partition coefficient (Wildman–Crippen LogP) is 6.47. The van der Waals surface area contributed by atoms with Gasteiger partial charge in [-0.3, -0.25) is 18.9 Å². The molecule has 2 saturated carbocycles. The van der Waals surface area contributed by atoms with Crippen LogP contribution in [0.5, 0.6) is 0 Å². The lowest BCUT2D eigenvalue weighted by atomic mass is 9.93. The second-order valence-corrected chi connectivity index (χ2v) is 16.9. The number of alkyl halides is 5. The van der Waals surface area contributed by atoms with Gasteiger partial charge in [-0.15, -0.1) is 0 Å². The Hall–Kier alpha value is -5.48. The normalized spacial score (nSPS) is 19.6. The van der Waals surface area contributed by atoms with Crippen molar-refractivity contribution < 1.29 is 49.1 Å². The Bertz CT molecular complexity index is 2660. The molecule has 3 aliphatic rings. The third-order valence-corrected chi connectivity index (χ3v) is 11.3. The van der Waals surface area contributed by atoms with Crippen LogP contribution in [0.1, 0.15) is 78.0 Å². The van der Waals surface area contributed by atoms with Gasteiger partial charge in [0.05, 0.1) is 23.5 Å². The van der Waals surface area contributed by atoms with E-state index in [1.165, 1.54) is 10.7 Å². The van der Waals surface area contributed by atoms with Gasteiger partial charge >= 0.3 is 6.18 Å². The van der Waals surface area contributed by atoms with Crippen molar-refractivity contribution >= 4 is 32.7 Å². The molecule has 58 heavy (non-hydrogen) atoms. The van der Waals surface area contributed by atoms with Crippen LogP contribution in [-0.4, -0.2) is 55.8 Å². The summed E-state index contributed by atoms with van der Waals surface area (Å²) in [5.41, 5.74) is -3.13. The number of halogens is 7. The number of carbonyl (C=O) groups is 1. The molecule has 0 bridgehead atoms. The monoisotopic (exact) mass is 829 g/mol. The first-order valence-corrected chi connectivity index (χ1v) is 20.1. The highest BCUT2D eigenvalue weighted by Crippen LogP contribution is 2.68. The van der Waals surface area contributed by atoms with Crippen molar-refractivity contribution in [2.45, 2.75) is 74.7 Å². The number of para-hydroxylation sites is 1. The molecule has 19 heteroatoms. The number of amides is 1. The van der Waals surface area contributed by atoms with E-state index < -0.39 is 86.6 Å². The molecule has 8 rings (SSSR count). The topological polar surface area (TPSA) is 144 Å². The van der Waals surface area contributed by atoms with Crippen LogP contribution in [0.25, 0.3) is 22.0 Å². The summed E-state index contributed by atoms with van der Waals surface area (Å²) in [5, 5.41) is 21.8. The number of aliphatic hydroxyl groups is 1. The lowest BCUT2D eigenvalue weighted by molar-refractivity contribution is -0.142. The summed E-state index contributed by atoms with van der Waals surface area (Å²) in [6.45, 7) is -1.07. The minimum atomic E-state index is -5.07. The highest BCUT2D eigenvalue weighted by Gasteiger charge is 2.68. The molecule has 1 amide bonds. The fourth-order valence-electron chi connectivity index (χ4n) is 8.26. The maximum absolute atomic E-state index is 15.4. The van der Waals surface area contributed by atoms with Gasteiger partial charge in [0.25, 0.3) is 5.92 Å². The molecule has 5 aromatic rings. The van der Waals surface area contributed by atoms with Gasteiger partial charge in [-0.05, 0) is 86.3 Å². The van der Waals surface area contributed by atoms with Crippen LogP contribution in [0.3, 0.4) is 0 Å². The van der Waals surface area contributed by atoms with E-state index in [1.54, 1.807) is 31.3 Å². The minimum absolute atomic E-state index is 0.00293. The zero-order valence-electron chi connectivity index (χ0n) is 30.8. The third kappa shape index (κ3) is 7.39. The van der Waals surface area contributed by atoms with Gasteiger partial charge < -0.3 is 10.4 Å². The lowest BCUT2D eigenvalue weighted by Gasteiger charge is -2.23. The first kappa shape index (κ1) is 39.4. The molecule has 3 atom stereocenters. The summed E-state index contributed by atoms with van der Waals surface area (Å²) in [6.07, 6.45) is -2.27. The molecule has 3 aliphatic carbocycles. The van der Waals surface area contributed by atoms with E-state index in [9.17, 15) is 40.3 Å². The summed E-state index contributed by atoms with van der Waals surface area (Å²) in [4.78, 5) is 18.7. The minimum Gasteiger partial charge on any atom is -0.378 e. The van der Waals surface area contributed by atoms with Crippen molar-refractivity contribution in [1.82, 2.24) is 29.9 Å². The number of hydrogen-bond donors (Lipinski definition) is 3. The summed E-state index contributed by atoms with van der Waals surface area (Å²) < 4.78 is 131. The number of aromatic nitrogens is 5. The number of nitrogens with zero attached hydrogens (tertiary/aromatic N) is 5. The Labute approximate surface area is 326 Å². The van der Waals surface area contributed by atoms with E-state index in [1.807, 2.05) is 0 Å². The van der Waals surface area contributed by atoms with Crippen LogP contribution in [0.15, 0.2) is 48.5 Å². The van der Waals surface area contributed by atoms with Crippen molar-refractivity contribution in [1.29, 1.82) is 0 Å². The highest BCUT2D eigenvalue weighted by atomic mass is 32.2. The zero-order valence-corrected chi connectivity index (χ0v) is 31.6. The molecular formula is C39H34F7N7O4S. The van der Waals surface area contributed by atoms with Crippen LogP contribution in [0.4, 0.5) is 36.6 Å². The molecule has 1 unspecified atom stereocenters. The van der Waals surface area contributed by atoms with Crippen molar-refractivity contribution in [3.05, 3.63) is 94.1 Å². The Morgan fingerprint density at radius 2 is 1.76 bits per heavy atom. The van der Waals surface area contributed by atoms with Crippen molar-refractivity contribution in [2.24, 2.45) is 13.0 Å². The number of anilines is 1. The summed E-state index contributed by atoms with van der Waals surface area (Å²) >= 11 is 0. The third-order valence-electron chi connectivity index (χ3n) is 10.7. The van der Waals surface area contributed by atoms with E-state index >= 15 is 8.78 Å². The Morgan fingerprint density at radius 3 is 2.43 bits per heavy atom. The van der Waals surface area contributed by atoms with Gasteiger partial charge in [0.15, 0.2) is 11.5 Å². The van der Waals surface area contributed by atoms with Crippen LogP contribution in [0, 0.1) is 29.4 Å². The first-order chi connectivity index (χ1) is 27.2. The van der Waals surface area contributed by atoms with Gasteiger partial charge in [-0.1, -0.05) is 18.1 Å². The number of rotatable bonds is 9. The highest BCUT2D eigenvalue weighted by molar-refractivity contribution is 7.92. The van der Waals surface area contributed by atoms with Crippen molar-refractivity contribution in [3.8, 4) is 23.0 Å². The number of aryl methyl sites for hydroxylation is 1. The molecule has 0 saturated heterocycles. The number of hydrogen-bond acceptors (Lipinski definition) is 7. The summed E-state index contributed by atoms with van der Waals surface area (Å²) in [6, 6.07) is 9.30. The SMILES string of the molecule is Cn1nc(NS(C)(=O)=O)c2cccc(-c3ccc(C#CC4(O)CCCC4)nc3[C@H](Cc3cc(F)cc(F)c3)NC(=O)Cn3nc(C(F)(F)F)c4c3C(F)(F)C3C[C@H]43)c21. The number of nitrogens with one attached hydrogen (secondary N) is 2. The summed E-state index contributed by atoms with van der Waals surface area (Å²) in [7, 11) is -2.22. The molecule has 3 aromatic heterocycles. The molecule has 0 radical (unpaired) electrons. The van der Waals surface area contributed by atoms with Gasteiger partial charge in [-0.2, -0.15) is 32.1 Å². The standard InChI is InChI=1S/C39H34F7N7O4S/c1-52-33-25(6-5-7-26(33)36(50-52)51-58(2,56)57)24-9-8-23(10-13-37(55)11-3-4-12-37)47-32(24)29(16-20-14-21(40)17-22(41)15-20)48-30(54)19-53-35-31(34(49-53)39(44,45)46)27-18-28(27)38(35,42)43/h5-9,14-15,17,27-29,55H,3-4,11-12,16,18-19H2,1-2H3,(H,48,54)(H,50,51)/t27-,28?,29-/m0/s1. The lowest BCUT2D eigenvalue weighted by Crippen LogP contribution is -2.35. The maximum atomic E-state index is 15.4. The fourth-order valence-corrected chi connectivity index (χ4v) is 8.76. The van der Waals surface area contributed by atoms with Gasteiger partial charge in [0, 0.05) is 41.1 Å². The molecule has 0 aliphatic heterocycles. The number of pyridine rings is 1. The van der Waals surface area contributed by atoms with E-state index in [-0.39, 0.29) is 41.2 Å². The molecule has 304 valence electrons. The van der Waals surface area contributed by atoms with Crippen LogP contribution in [-0.2, 0) is 46.9 Å². The summed E-state index contributed by atoms with van der Waals surface area (Å²) in [5.74, 6) is -3.29. The van der Waals surface area contributed by atoms with Crippen molar-refractivity contribution in [3.63, 3.8) is 0 Å². The van der Waals surface area contributed by atoms with Crippen molar-refractivity contribution in [2.75, 3.05) is 11.0 Å². The van der Waals surface area contributed by atoms with E-state index in [0.717, 1.165) is 31.2 Å². The van der Waals surface area contributed by atoms with E-state index in [0.29, 0.717) is 40.1 Å². The second kappa shape index (κ2) is 13.8. The quantitative estimate of drug-likeness (QED) is 0.114. The predicted molar refractivity (Wildman–Crippen MR) is 196 cm³/mol. The van der Waals surface area contributed by atoms with Gasteiger partial charge in [0.1, 0.15) is 35.2 Å². The number of benzene rings is 2. The van der Waals surface area contributed by atoms with Crippen LogP contribution < -0.4 is 10.0 Å². The van der Waals surface area contributed by atoms with Crippen LogP contribution >= 0.6 is 0 Å².